The molecule has 0 saturated heterocycles. The monoisotopic (exact) mass is 284 g/mol. The van der Waals surface area contributed by atoms with Crippen molar-refractivity contribution in [1.29, 1.82) is 0 Å². The number of nitrogens with one attached hydrogen (secondary N) is 1. The smallest absolute Gasteiger partial charge is 0.123 e. The first kappa shape index (κ1) is 13.9. The number of rotatable bonds is 5. The van der Waals surface area contributed by atoms with Gasteiger partial charge in [-0.15, -0.1) is 0 Å². The zero-order chi connectivity index (χ0) is 14.8. The molecule has 1 aliphatic rings. The van der Waals surface area contributed by atoms with Crippen LogP contribution in [0.2, 0.25) is 0 Å². The topological polar surface area (TPSA) is 15.3 Å². The van der Waals surface area contributed by atoms with Crippen LogP contribution in [0.25, 0.3) is 0 Å². The minimum atomic E-state index is -0.178. The zero-order valence-electron chi connectivity index (χ0n) is 12.5. The molecule has 3 rings (SSSR count). The lowest BCUT2D eigenvalue weighted by atomic mass is 10.0. The maximum absolute atomic E-state index is 13.1. The van der Waals surface area contributed by atoms with Crippen molar-refractivity contribution in [3.8, 4) is 0 Å². The van der Waals surface area contributed by atoms with Crippen LogP contribution in [0.5, 0.6) is 0 Å². The second-order valence-electron chi connectivity index (χ2n) is 5.96. The Morgan fingerprint density at radius 3 is 2.43 bits per heavy atom. The molecule has 1 N–H and O–H groups in total. The second-order valence-corrected chi connectivity index (χ2v) is 5.96. The molecule has 1 saturated carbocycles. The summed E-state index contributed by atoms with van der Waals surface area (Å²) in [5.74, 6) is 0.473. The third kappa shape index (κ3) is 3.35. The van der Waals surface area contributed by atoms with Gasteiger partial charge in [0.1, 0.15) is 5.82 Å². The van der Waals surface area contributed by atoms with E-state index < -0.39 is 0 Å². The average Bonchev–Trinajstić information content (AvgIpc) is 3.31. The Morgan fingerprint density at radius 1 is 1.10 bits per heavy atom. The number of hydrogen-bond donors (Lipinski definition) is 1. The van der Waals surface area contributed by atoms with E-state index in [1.54, 1.807) is 12.1 Å². The van der Waals surface area contributed by atoms with Crippen LogP contribution in [-0.2, 0) is 0 Å². The van der Waals surface area contributed by atoms with Gasteiger partial charge in [-0.1, -0.05) is 18.2 Å². The van der Waals surface area contributed by atoms with Crippen molar-refractivity contribution in [1.82, 2.24) is 0 Å². The zero-order valence-corrected chi connectivity index (χ0v) is 12.5. The van der Waals surface area contributed by atoms with E-state index in [0.29, 0.717) is 5.92 Å². The molecule has 0 bridgehead atoms. The Labute approximate surface area is 125 Å². The Morgan fingerprint density at radius 2 is 1.81 bits per heavy atom. The van der Waals surface area contributed by atoms with Crippen LogP contribution in [0.4, 0.5) is 15.8 Å². The normalized spacial score (nSPS) is 15.6. The molecule has 0 amide bonds. The molecule has 21 heavy (non-hydrogen) atoms. The molecule has 0 aromatic heterocycles. The Hall–Kier alpha value is -2.03. The molecule has 1 unspecified atom stereocenters. The summed E-state index contributed by atoms with van der Waals surface area (Å²) in [5.41, 5.74) is 3.45. The maximum atomic E-state index is 13.1. The summed E-state index contributed by atoms with van der Waals surface area (Å²) in [4.78, 5) is 2.09. The molecule has 1 fully saturated rings. The van der Waals surface area contributed by atoms with E-state index >= 15 is 0 Å². The lowest BCUT2D eigenvalue weighted by Crippen LogP contribution is -2.14. The highest BCUT2D eigenvalue weighted by Crippen LogP contribution is 2.43. The molecule has 0 heterocycles. The number of anilines is 2. The van der Waals surface area contributed by atoms with Crippen molar-refractivity contribution in [2.45, 2.75) is 18.9 Å². The molecule has 1 atom stereocenters. The van der Waals surface area contributed by atoms with E-state index in [9.17, 15) is 4.39 Å². The van der Waals surface area contributed by atoms with Gasteiger partial charge in [0.15, 0.2) is 0 Å². The van der Waals surface area contributed by atoms with Crippen LogP contribution in [0.1, 0.15) is 24.4 Å². The largest absolute Gasteiger partial charge is 0.378 e. The van der Waals surface area contributed by atoms with Gasteiger partial charge in [0.25, 0.3) is 0 Å². The quantitative estimate of drug-likeness (QED) is 0.872. The standard InChI is InChI=1S/C18H21FN2/c1-21(2)17-5-3-4-16(12-17)20-18(13-6-7-13)14-8-10-15(19)11-9-14/h3-5,8-13,18,20H,6-7H2,1-2H3. The van der Waals surface area contributed by atoms with Crippen molar-refractivity contribution in [3.63, 3.8) is 0 Å². The Bertz CT molecular complexity index is 603. The van der Waals surface area contributed by atoms with Crippen LogP contribution >= 0.6 is 0 Å². The molecule has 2 aromatic carbocycles. The van der Waals surface area contributed by atoms with Gasteiger partial charge >= 0.3 is 0 Å². The summed E-state index contributed by atoms with van der Waals surface area (Å²) in [6.45, 7) is 0. The van der Waals surface area contributed by atoms with E-state index in [4.69, 9.17) is 0 Å². The molecule has 0 radical (unpaired) electrons. The fourth-order valence-corrected chi connectivity index (χ4v) is 2.63. The van der Waals surface area contributed by atoms with Gasteiger partial charge < -0.3 is 10.2 Å². The first-order chi connectivity index (χ1) is 10.1. The minimum Gasteiger partial charge on any atom is -0.378 e. The van der Waals surface area contributed by atoms with E-state index in [2.05, 4.69) is 34.5 Å². The predicted octanol–water partition coefficient (Wildman–Crippen LogP) is 4.45. The SMILES string of the molecule is CN(C)c1cccc(NC(c2ccc(F)cc2)C2CC2)c1. The van der Waals surface area contributed by atoms with Crippen molar-refractivity contribution >= 4 is 11.4 Å². The first-order valence-electron chi connectivity index (χ1n) is 7.43. The van der Waals surface area contributed by atoms with Crippen molar-refractivity contribution < 1.29 is 4.39 Å². The fraction of sp³-hybridized carbons (Fsp3) is 0.333. The first-order valence-corrected chi connectivity index (χ1v) is 7.43. The van der Waals surface area contributed by atoms with Gasteiger partial charge in [0.05, 0.1) is 6.04 Å². The van der Waals surface area contributed by atoms with E-state index in [-0.39, 0.29) is 11.9 Å². The van der Waals surface area contributed by atoms with E-state index in [0.717, 1.165) is 11.3 Å². The average molecular weight is 284 g/mol. The highest BCUT2D eigenvalue weighted by molar-refractivity contribution is 5.58. The number of halogens is 1. The molecule has 1 aliphatic carbocycles. The van der Waals surface area contributed by atoms with Crippen LogP contribution in [-0.4, -0.2) is 14.1 Å². The summed E-state index contributed by atoms with van der Waals surface area (Å²) >= 11 is 0. The Balaban J connectivity index is 1.82. The van der Waals surface area contributed by atoms with Crippen molar-refractivity contribution in [2.24, 2.45) is 5.92 Å². The summed E-state index contributed by atoms with van der Waals surface area (Å²) in [6.07, 6.45) is 2.48. The maximum Gasteiger partial charge on any atom is 0.123 e. The van der Waals surface area contributed by atoms with E-state index in [1.165, 1.54) is 18.5 Å². The number of nitrogens with zero attached hydrogens (tertiary/aromatic N) is 1. The van der Waals surface area contributed by atoms with Gasteiger partial charge in [-0.05, 0) is 54.7 Å². The van der Waals surface area contributed by atoms with Gasteiger partial charge in [-0.25, -0.2) is 4.39 Å². The van der Waals surface area contributed by atoms with Crippen LogP contribution in [0.3, 0.4) is 0 Å². The molecule has 3 heteroatoms. The Kier molecular flexibility index (Phi) is 3.82. The second kappa shape index (κ2) is 5.76. The lowest BCUT2D eigenvalue weighted by molar-refractivity contribution is 0.622. The molecular formula is C18H21FN2. The number of benzene rings is 2. The van der Waals surface area contributed by atoms with E-state index in [1.807, 2.05) is 26.2 Å². The lowest BCUT2D eigenvalue weighted by Gasteiger charge is -2.21. The van der Waals surface area contributed by atoms with Crippen molar-refractivity contribution in [2.75, 3.05) is 24.3 Å². The summed E-state index contributed by atoms with van der Waals surface area (Å²) in [5, 5.41) is 3.62. The molecule has 2 nitrogen and oxygen atoms in total. The third-order valence-corrected chi connectivity index (χ3v) is 4.01. The van der Waals surface area contributed by atoms with Crippen LogP contribution < -0.4 is 10.2 Å². The highest BCUT2D eigenvalue weighted by Gasteiger charge is 2.32. The molecular weight excluding hydrogens is 263 g/mol. The number of hydrogen-bond acceptors (Lipinski definition) is 2. The molecule has 0 aliphatic heterocycles. The van der Waals surface area contributed by atoms with Crippen LogP contribution in [0, 0.1) is 11.7 Å². The van der Waals surface area contributed by atoms with Crippen molar-refractivity contribution in [3.05, 3.63) is 59.9 Å². The highest BCUT2D eigenvalue weighted by atomic mass is 19.1. The third-order valence-electron chi connectivity index (χ3n) is 4.01. The summed E-state index contributed by atoms with van der Waals surface area (Å²) < 4.78 is 13.1. The van der Waals surface area contributed by atoms with Crippen LogP contribution in [0.15, 0.2) is 48.5 Å². The van der Waals surface area contributed by atoms with Gasteiger partial charge in [-0.2, -0.15) is 0 Å². The summed E-state index contributed by atoms with van der Waals surface area (Å²) in [7, 11) is 4.08. The van der Waals surface area contributed by atoms with Gasteiger partial charge in [0.2, 0.25) is 0 Å². The minimum absolute atomic E-state index is 0.178. The van der Waals surface area contributed by atoms with Gasteiger partial charge in [0, 0.05) is 25.5 Å². The fourth-order valence-electron chi connectivity index (χ4n) is 2.63. The van der Waals surface area contributed by atoms with Gasteiger partial charge in [-0.3, -0.25) is 0 Å². The predicted molar refractivity (Wildman–Crippen MR) is 86.3 cm³/mol. The molecule has 2 aromatic rings. The molecule has 0 spiro atoms. The summed E-state index contributed by atoms with van der Waals surface area (Å²) in [6, 6.07) is 15.5. The molecule has 110 valence electrons.